The van der Waals surface area contributed by atoms with Gasteiger partial charge in [-0.3, -0.25) is 9.69 Å². The lowest BCUT2D eigenvalue weighted by Gasteiger charge is -2.36. The average molecular weight is 253 g/mol. The summed E-state index contributed by atoms with van der Waals surface area (Å²) in [7, 11) is 0. The van der Waals surface area contributed by atoms with Crippen molar-refractivity contribution in [3.8, 4) is 0 Å². The van der Waals surface area contributed by atoms with E-state index >= 15 is 0 Å². The highest BCUT2D eigenvalue weighted by molar-refractivity contribution is 5.78. The van der Waals surface area contributed by atoms with Crippen molar-refractivity contribution in [2.45, 2.75) is 26.7 Å². The Morgan fingerprint density at radius 1 is 1.17 bits per heavy atom. The molecule has 4 nitrogen and oxygen atoms in total. The van der Waals surface area contributed by atoms with E-state index in [1.807, 2.05) is 0 Å². The van der Waals surface area contributed by atoms with Crippen LogP contribution in [0.15, 0.2) is 0 Å². The molecule has 0 aliphatic carbocycles. The van der Waals surface area contributed by atoms with Gasteiger partial charge in [0, 0.05) is 26.2 Å². The highest BCUT2D eigenvalue weighted by atomic mass is 16.2. The molecule has 0 aromatic rings. The maximum absolute atomic E-state index is 12.3. The number of piperidine rings is 1. The van der Waals surface area contributed by atoms with Crippen LogP contribution in [0.3, 0.4) is 0 Å². The molecule has 2 aliphatic heterocycles. The third-order valence-corrected chi connectivity index (χ3v) is 4.48. The second kappa shape index (κ2) is 6.53. The Hall–Kier alpha value is -0.610. The molecule has 2 atom stereocenters. The van der Waals surface area contributed by atoms with Crippen LogP contribution in [0.4, 0.5) is 0 Å². The first-order valence-electron chi connectivity index (χ1n) is 7.37. The Morgan fingerprint density at radius 3 is 2.78 bits per heavy atom. The first-order valence-corrected chi connectivity index (χ1v) is 7.37. The minimum Gasteiger partial charge on any atom is -0.341 e. The molecule has 0 saturated carbocycles. The number of hydrogen-bond acceptors (Lipinski definition) is 3. The normalized spacial score (nSPS) is 31.1. The van der Waals surface area contributed by atoms with Crippen LogP contribution in [0, 0.1) is 11.8 Å². The lowest BCUT2D eigenvalue weighted by molar-refractivity contribution is -0.134. The number of carbonyl (C=O) groups excluding carboxylic acids is 1. The summed E-state index contributed by atoms with van der Waals surface area (Å²) in [5.74, 6) is 1.74. The maximum Gasteiger partial charge on any atom is 0.236 e. The third-order valence-electron chi connectivity index (χ3n) is 4.48. The van der Waals surface area contributed by atoms with E-state index in [1.54, 1.807) is 0 Å². The summed E-state index contributed by atoms with van der Waals surface area (Å²) >= 11 is 0. The Kier molecular flexibility index (Phi) is 5.01. The summed E-state index contributed by atoms with van der Waals surface area (Å²) in [4.78, 5) is 16.7. The van der Waals surface area contributed by atoms with Crippen molar-refractivity contribution in [2.75, 3.05) is 45.8 Å². The van der Waals surface area contributed by atoms with Gasteiger partial charge in [0.2, 0.25) is 5.91 Å². The lowest BCUT2D eigenvalue weighted by atomic mass is 9.89. The third kappa shape index (κ3) is 3.69. The summed E-state index contributed by atoms with van der Waals surface area (Å²) < 4.78 is 0. The molecular formula is C14H27N3O. The SMILES string of the molecule is CC1CCN(C(=O)CN2CCCNCC2)CC1C. The van der Waals surface area contributed by atoms with Crippen LogP contribution in [0.25, 0.3) is 0 Å². The van der Waals surface area contributed by atoms with Crippen molar-refractivity contribution < 1.29 is 4.79 Å². The van der Waals surface area contributed by atoms with Gasteiger partial charge in [-0.25, -0.2) is 0 Å². The zero-order valence-corrected chi connectivity index (χ0v) is 11.8. The first kappa shape index (κ1) is 13.8. The van der Waals surface area contributed by atoms with Gasteiger partial charge in [-0.05, 0) is 37.8 Å². The summed E-state index contributed by atoms with van der Waals surface area (Å²) in [5, 5.41) is 3.38. The smallest absolute Gasteiger partial charge is 0.236 e. The fourth-order valence-corrected chi connectivity index (χ4v) is 2.84. The van der Waals surface area contributed by atoms with Gasteiger partial charge in [0.15, 0.2) is 0 Å². The molecule has 2 rings (SSSR count). The molecule has 0 bridgehead atoms. The number of carbonyl (C=O) groups is 1. The molecule has 18 heavy (non-hydrogen) atoms. The van der Waals surface area contributed by atoms with Crippen LogP contribution in [-0.4, -0.2) is 61.5 Å². The fraction of sp³-hybridized carbons (Fsp3) is 0.929. The van der Waals surface area contributed by atoms with Crippen LogP contribution in [-0.2, 0) is 4.79 Å². The van der Waals surface area contributed by atoms with Crippen molar-refractivity contribution >= 4 is 5.91 Å². The molecule has 2 saturated heterocycles. The quantitative estimate of drug-likeness (QED) is 0.790. The molecule has 0 aromatic carbocycles. The van der Waals surface area contributed by atoms with E-state index in [2.05, 4.69) is 29.0 Å². The number of hydrogen-bond donors (Lipinski definition) is 1. The monoisotopic (exact) mass is 253 g/mol. The molecule has 0 spiro atoms. The lowest BCUT2D eigenvalue weighted by Crippen LogP contribution is -2.47. The number of nitrogens with zero attached hydrogens (tertiary/aromatic N) is 2. The minimum atomic E-state index is 0.329. The molecule has 2 unspecified atom stereocenters. The predicted octanol–water partition coefficient (Wildman–Crippen LogP) is 0.786. The van der Waals surface area contributed by atoms with Gasteiger partial charge < -0.3 is 10.2 Å². The van der Waals surface area contributed by atoms with Gasteiger partial charge >= 0.3 is 0 Å². The molecule has 1 amide bonds. The Bertz CT molecular complexity index is 274. The molecule has 104 valence electrons. The van der Waals surface area contributed by atoms with Crippen LogP contribution in [0.2, 0.25) is 0 Å². The molecular weight excluding hydrogens is 226 g/mol. The Labute approximate surface area is 111 Å². The Balaban J connectivity index is 1.80. The molecule has 2 fully saturated rings. The zero-order chi connectivity index (χ0) is 13.0. The number of nitrogens with one attached hydrogen (secondary N) is 1. The topological polar surface area (TPSA) is 35.6 Å². The second-order valence-electron chi connectivity index (χ2n) is 5.96. The molecule has 1 N–H and O–H groups in total. The molecule has 0 radical (unpaired) electrons. The first-order chi connectivity index (χ1) is 8.66. The van der Waals surface area contributed by atoms with Crippen LogP contribution < -0.4 is 5.32 Å². The zero-order valence-electron chi connectivity index (χ0n) is 11.8. The highest BCUT2D eigenvalue weighted by Crippen LogP contribution is 2.22. The fourth-order valence-electron chi connectivity index (χ4n) is 2.84. The van der Waals surface area contributed by atoms with Crippen LogP contribution in [0.1, 0.15) is 26.7 Å². The van der Waals surface area contributed by atoms with Crippen molar-refractivity contribution in [1.82, 2.24) is 15.1 Å². The summed E-state index contributed by atoms with van der Waals surface area (Å²) in [5.41, 5.74) is 0. The second-order valence-corrected chi connectivity index (χ2v) is 5.96. The van der Waals surface area contributed by atoms with E-state index in [-0.39, 0.29) is 0 Å². The number of amides is 1. The van der Waals surface area contributed by atoms with E-state index in [9.17, 15) is 4.79 Å². The van der Waals surface area contributed by atoms with Crippen molar-refractivity contribution in [1.29, 1.82) is 0 Å². The van der Waals surface area contributed by atoms with Crippen molar-refractivity contribution in [3.63, 3.8) is 0 Å². The van der Waals surface area contributed by atoms with Gasteiger partial charge in [-0.1, -0.05) is 13.8 Å². The molecule has 0 aromatic heterocycles. The minimum absolute atomic E-state index is 0.329. The van der Waals surface area contributed by atoms with Gasteiger partial charge in [-0.2, -0.15) is 0 Å². The summed E-state index contributed by atoms with van der Waals surface area (Å²) in [6, 6.07) is 0. The predicted molar refractivity (Wildman–Crippen MR) is 73.5 cm³/mol. The largest absolute Gasteiger partial charge is 0.341 e. The van der Waals surface area contributed by atoms with Gasteiger partial charge in [-0.15, -0.1) is 0 Å². The van der Waals surface area contributed by atoms with Crippen LogP contribution in [0.5, 0.6) is 0 Å². The summed E-state index contributed by atoms with van der Waals surface area (Å²) in [6.45, 7) is 11.2. The highest BCUT2D eigenvalue weighted by Gasteiger charge is 2.26. The molecule has 2 aliphatic rings. The van der Waals surface area contributed by atoms with E-state index < -0.39 is 0 Å². The van der Waals surface area contributed by atoms with E-state index in [0.717, 1.165) is 58.0 Å². The van der Waals surface area contributed by atoms with Crippen molar-refractivity contribution in [2.24, 2.45) is 11.8 Å². The summed E-state index contributed by atoms with van der Waals surface area (Å²) in [6.07, 6.45) is 2.31. The Morgan fingerprint density at radius 2 is 2.00 bits per heavy atom. The number of likely N-dealkylation sites (tertiary alicyclic amines) is 1. The van der Waals surface area contributed by atoms with Crippen LogP contribution >= 0.6 is 0 Å². The van der Waals surface area contributed by atoms with Gasteiger partial charge in [0.25, 0.3) is 0 Å². The standard InChI is InChI=1S/C14H27N3O/c1-12-4-8-17(10-13(12)2)14(18)11-16-7-3-5-15-6-9-16/h12-13,15H,3-11H2,1-2H3. The van der Waals surface area contributed by atoms with E-state index in [4.69, 9.17) is 0 Å². The average Bonchev–Trinajstić information content (AvgIpc) is 2.61. The molecule has 4 heteroatoms. The maximum atomic E-state index is 12.3. The molecule has 2 heterocycles. The van der Waals surface area contributed by atoms with Gasteiger partial charge in [0.1, 0.15) is 0 Å². The van der Waals surface area contributed by atoms with E-state index in [1.165, 1.54) is 0 Å². The number of rotatable bonds is 2. The van der Waals surface area contributed by atoms with E-state index in [0.29, 0.717) is 18.4 Å². The van der Waals surface area contributed by atoms with Crippen molar-refractivity contribution in [3.05, 3.63) is 0 Å². The van der Waals surface area contributed by atoms with Gasteiger partial charge in [0.05, 0.1) is 6.54 Å².